The molecule has 0 bridgehead atoms. The van der Waals surface area contributed by atoms with Crippen LogP contribution in [0.4, 0.5) is 11.6 Å². The van der Waals surface area contributed by atoms with Gasteiger partial charge in [0.05, 0.1) is 18.4 Å². The number of nitrogens with zero attached hydrogens (tertiary/aromatic N) is 4. The van der Waals surface area contributed by atoms with E-state index in [0.717, 1.165) is 11.1 Å². The molecule has 0 radical (unpaired) electrons. The van der Waals surface area contributed by atoms with Gasteiger partial charge in [0.1, 0.15) is 11.8 Å². The average molecular weight is 376 g/mol. The van der Waals surface area contributed by atoms with E-state index in [1.807, 2.05) is 50.2 Å². The summed E-state index contributed by atoms with van der Waals surface area (Å²) in [6, 6.07) is 14.8. The van der Waals surface area contributed by atoms with E-state index in [1.165, 1.54) is 0 Å². The minimum absolute atomic E-state index is 0.248. The zero-order valence-electron chi connectivity index (χ0n) is 15.8. The number of para-hydroxylation sites is 2. The molecule has 0 saturated carbocycles. The number of rotatable bonds is 4. The number of hydrogen-bond acceptors (Lipinski definition) is 6. The third-order valence-corrected chi connectivity index (χ3v) is 4.67. The van der Waals surface area contributed by atoms with Crippen molar-refractivity contribution in [3.05, 3.63) is 70.9 Å². The fourth-order valence-electron chi connectivity index (χ4n) is 3.39. The number of amides is 1. The number of fused-ring (bicyclic) bond motifs is 1. The Morgan fingerprint density at radius 2 is 2.00 bits per heavy atom. The quantitative estimate of drug-likeness (QED) is 0.727. The van der Waals surface area contributed by atoms with Crippen molar-refractivity contribution in [2.75, 3.05) is 17.7 Å². The molecule has 3 aromatic rings. The van der Waals surface area contributed by atoms with Crippen molar-refractivity contribution in [1.29, 1.82) is 0 Å². The van der Waals surface area contributed by atoms with Crippen molar-refractivity contribution in [1.82, 2.24) is 20.2 Å². The van der Waals surface area contributed by atoms with E-state index in [-0.39, 0.29) is 5.91 Å². The molecule has 4 rings (SSSR count). The number of aromatic nitrogens is 4. The van der Waals surface area contributed by atoms with Gasteiger partial charge in [0, 0.05) is 5.70 Å². The van der Waals surface area contributed by atoms with Gasteiger partial charge in [-0.15, -0.1) is 0 Å². The standard InChI is InChI=1S/C20H20N6O2/c1-12-7-6-8-14(11-12)18-17(13(2)21-20-23-24-25-26(18)20)19(27)22-15-9-4-5-10-16(15)28-3/h4-11,18H,1-3H3,(H,22,27)(H,21,23,25)/t18-/m1/s1. The lowest BCUT2D eigenvalue weighted by Gasteiger charge is -2.28. The maximum absolute atomic E-state index is 13.3. The van der Waals surface area contributed by atoms with Crippen LogP contribution in [0.3, 0.4) is 0 Å². The second-order valence-electron chi connectivity index (χ2n) is 6.58. The number of anilines is 2. The van der Waals surface area contributed by atoms with Gasteiger partial charge in [0.2, 0.25) is 5.95 Å². The van der Waals surface area contributed by atoms with E-state index in [4.69, 9.17) is 4.74 Å². The molecule has 2 aromatic carbocycles. The van der Waals surface area contributed by atoms with E-state index >= 15 is 0 Å². The number of tetrazole rings is 1. The van der Waals surface area contributed by atoms with Crippen LogP contribution in [-0.2, 0) is 4.79 Å². The number of benzene rings is 2. The number of carbonyl (C=O) groups excluding carboxylic acids is 1. The first kappa shape index (κ1) is 17.7. The summed E-state index contributed by atoms with van der Waals surface area (Å²) in [5, 5.41) is 18.0. The highest BCUT2D eigenvalue weighted by atomic mass is 16.5. The predicted octanol–water partition coefficient (Wildman–Crippen LogP) is 2.92. The minimum Gasteiger partial charge on any atom is -0.495 e. The van der Waals surface area contributed by atoms with Crippen molar-refractivity contribution in [3.8, 4) is 5.75 Å². The summed E-state index contributed by atoms with van der Waals surface area (Å²) in [4.78, 5) is 13.3. The normalized spacial score (nSPS) is 15.6. The number of hydrogen-bond donors (Lipinski definition) is 2. The SMILES string of the molecule is COc1ccccc1NC(=O)C1=C(C)Nc2nnnn2[C@@H]1c1cccc(C)c1. The summed E-state index contributed by atoms with van der Waals surface area (Å²) in [5.41, 5.74) is 3.85. The molecule has 2 N–H and O–H groups in total. The summed E-state index contributed by atoms with van der Waals surface area (Å²) in [5.74, 6) is 0.841. The Morgan fingerprint density at radius 1 is 1.18 bits per heavy atom. The van der Waals surface area contributed by atoms with E-state index in [2.05, 4.69) is 26.2 Å². The summed E-state index contributed by atoms with van der Waals surface area (Å²) < 4.78 is 6.97. The monoisotopic (exact) mass is 376 g/mol. The molecule has 0 spiro atoms. The molecule has 1 aliphatic heterocycles. The van der Waals surface area contributed by atoms with Crippen LogP contribution in [0, 0.1) is 6.92 Å². The van der Waals surface area contributed by atoms with Gasteiger partial charge in [-0.2, -0.15) is 4.68 Å². The van der Waals surface area contributed by atoms with Crippen LogP contribution in [-0.4, -0.2) is 33.2 Å². The maximum Gasteiger partial charge on any atom is 0.255 e. The van der Waals surface area contributed by atoms with Gasteiger partial charge >= 0.3 is 0 Å². The number of methoxy groups -OCH3 is 1. The second kappa shape index (κ2) is 7.15. The molecule has 1 amide bonds. The first-order valence-electron chi connectivity index (χ1n) is 8.85. The van der Waals surface area contributed by atoms with Crippen molar-refractivity contribution in [2.24, 2.45) is 0 Å². The summed E-state index contributed by atoms with van der Waals surface area (Å²) in [6.45, 7) is 3.86. The van der Waals surface area contributed by atoms with Crippen molar-refractivity contribution < 1.29 is 9.53 Å². The van der Waals surface area contributed by atoms with Crippen molar-refractivity contribution >= 4 is 17.5 Å². The van der Waals surface area contributed by atoms with Crippen molar-refractivity contribution in [2.45, 2.75) is 19.9 Å². The zero-order valence-corrected chi connectivity index (χ0v) is 15.8. The van der Waals surface area contributed by atoms with Crippen LogP contribution in [0.15, 0.2) is 59.8 Å². The number of carbonyl (C=O) groups is 1. The van der Waals surface area contributed by atoms with Crippen LogP contribution in [0.1, 0.15) is 24.1 Å². The molecule has 1 aromatic heterocycles. The Kier molecular flexibility index (Phi) is 4.52. The lowest BCUT2D eigenvalue weighted by molar-refractivity contribution is -0.113. The molecule has 28 heavy (non-hydrogen) atoms. The Labute approximate surface area is 162 Å². The van der Waals surface area contributed by atoms with Crippen molar-refractivity contribution in [3.63, 3.8) is 0 Å². The molecule has 0 saturated heterocycles. The molecule has 0 unspecified atom stereocenters. The third-order valence-electron chi connectivity index (χ3n) is 4.67. The Morgan fingerprint density at radius 3 is 2.79 bits per heavy atom. The van der Waals surface area contributed by atoms with Crippen LogP contribution in [0.25, 0.3) is 0 Å². The third kappa shape index (κ3) is 3.09. The highest BCUT2D eigenvalue weighted by molar-refractivity contribution is 6.06. The number of aryl methyl sites for hydroxylation is 1. The zero-order chi connectivity index (χ0) is 19.7. The summed E-state index contributed by atoms with van der Waals surface area (Å²) >= 11 is 0. The molecular formula is C20H20N6O2. The maximum atomic E-state index is 13.3. The van der Waals surface area contributed by atoms with Crippen LogP contribution < -0.4 is 15.4 Å². The molecule has 1 atom stereocenters. The number of ether oxygens (including phenoxy) is 1. The molecule has 1 aliphatic rings. The topological polar surface area (TPSA) is 94.0 Å². The summed E-state index contributed by atoms with van der Waals surface area (Å²) in [7, 11) is 1.57. The Hall–Kier alpha value is -3.68. The van der Waals surface area contributed by atoms with E-state index in [0.29, 0.717) is 28.7 Å². The van der Waals surface area contributed by atoms with E-state index in [1.54, 1.807) is 23.9 Å². The fraction of sp³-hybridized carbons (Fsp3) is 0.200. The molecule has 142 valence electrons. The first-order chi connectivity index (χ1) is 13.6. The molecule has 2 heterocycles. The van der Waals surface area contributed by atoms with Crippen LogP contribution >= 0.6 is 0 Å². The molecule has 8 heteroatoms. The number of allylic oxidation sites excluding steroid dienone is 1. The largest absolute Gasteiger partial charge is 0.495 e. The van der Waals surface area contributed by atoms with E-state index < -0.39 is 6.04 Å². The number of nitrogens with one attached hydrogen (secondary N) is 2. The van der Waals surface area contributed by atoms with Crippen LogP contribution in [0.2, 0.25) is 0 Å². The molecular weight excluding hydrogens is 356 g/mol. The molecule has 0 fully saturated rings. The predicted molar refractivity (Wildman–Crippen MR) is 105 cm³/mol. The van der Waals surface area contributed by atoms with Gasteiger partial charge in [0.25, 0.3) is 5.91 Å². The first-order valence-corrected chi connectivity index (χ1v) is 8.85. The highest BCUT2D eigenvalue weighted by Gasteiger charge is 2.34. The van der Waals surface area contributed by atoms with Gasteiger partial charge in [-0.05, 0) is 42.0 Å². The van der Waals surface area contributed by atoms with Gasteiger partial charge in [-0.25, -0.2) is 0 Å². The Bertz CT molecular complexity index is 1070. The lowest BCUT2D eigenvalue weighted by atomic mass is 9.94. The summed E-state index contributed by atoms with van der Waals surface area (Å²) in [6.07, 6.45) is 0. The molecule has 0 aliphatic carbocycles. The second-order valence-corrected chi connectivity index (χ2v) is 6.58. The minimum atomic E-state index is -0.444. The Balaban J connectivity index is 1.77. The fourth-order valence-corrected chi connectivity index (χ4v) is 3.39. The van der Waals surface area contributed by atoms with E-state index in [9.17, 15) is 4.79 Å². The average Bonchev–Trinajstić information content (AvgIpc) is 3.15. The smallest absolute Gasteiger partial charge is 0.255 e. The highest BCUT2D eigenvalue weighted by Crippen LogP contribution is 2.35. The van der Waals surface area contributed by atoms with Gasteiger partial charge < -0.3 is 15.4 Å². The van der Waals surface area contributed by atoms with Gasteiger partial charge in [-0.1, -0.05) is 47.1 Å². The van der Waals surface area contributed by atoms with Gasteiger partial charge in [-0.3, -0.25) is 4.79 Å². The van der Waals surface area contributed by atoms with Crippen LogP contribution in [0.5, 0.6) is 5.75 Å². The lowest BCUT2D eigenvalue weighted by Crippen LogP contribution is -2.31. The molecule has 8 nitrogen and oxygen atoms in total. The van der Waals surface area contributed by atoms with Gasteiger partial charge in [0.15, 0.2) is 0 Å².